The summed E-state index contributed by atoms with van der Waals surface area (Å²) in [6.07, 6.45) is 2.61. The molecule has 3 N–H and O–H groups in total. The SMILES string of the molecule is CCC1(C(=O)Nc2cccc(C(=O)O)c2)CCCNC1. The second kappa shape index (κ2) is 6.05. The monoisotopic (exact) mass is 276 g/mol. The van der Waals surface area contributed by atoms with Gasteiger partial charge in [0.05, 0.1) is 11.0 Å². The molecular weight excluding hydrogens is 256 g/mol. The van der Waals surface area contributed by atoms with E-state index in [-0.39, 0.29) is 11.5 Å². The summed E-state index contributed by atoms with van der Waals surface area (Å²) in [5.74, 6) is -1.03. The van der Waals surface area contributed by atoms with Crippen molar-refractivity contribution in [3.05, 3.63) is 29.8 Å². The van der Waals surface area contributed by atoms with Crippen LogP contribution in [0.15, 0.2) is 24.3 Å². The van der Waals surface area contributed by atoms with Crippen LogP contribution in [0.2, 0.25) is 0 Å². The van der Waals surface area contributed by atoms with Gasteiger partial charge in [0.2, 0.25) is 5.91 Å². The number of carboxylic acid groups (broad SMARTS) is 1. The molecule has 1 unspecified atom stereocenters. The van der Waals surface area contributed by atoms with Crippen LogP contribution in [0.4, 0.5) is 5.69 Å². The summed E-state index contributed by atoms with van der Waals surface area (Å²) in [4.78, 5) is 23.4. The van der Waals surface area contributed by atoms with E-state index in [9.17, 15) is 9.59 Å². The van der Waals surface area contributed by atoms with Gasteiger partial charge in [-0.25, -0.2) is 4.79 Å². The molecule has 0 bridgehead atoms. The average molecular weight is 276 g/mol. The number of hydrogen-bond donors (Lipinski definition) is 3. The van der Waals surface area contributed by atoms with E-state index in [0.29, 0.717) is 12.2 Å². The van der Waals surface area contributed by atoms with Crippen molar-refractivity contribution in [2.45, 2.75) is 26.2 Å². The van der Waals surface area contributed by atoms with Gasteiger partial charge in [-0.1, -0.05) is 13.0 Å². The Labute approximate surface area is 118 Å². The minimum absolute atomic E-state index is 0.0326. The molecule has 1 aromatic carbocycles. The number of carboxylic acids is 1. The van der Waals surface area contributed by atoms with Crippen LogP contribution in [0.1, 0.15) is 36.5 Å². The maximum atomic E-state index is 12.5. The fourth-order valence-corrected chi connectivity index (χ4v) is 2.62. The second-order valence-corrected chi connectivity index (χ2v) is 5.25. The molecule has 0 aliphatic carbocycles. The molecule has 1 amide bonds. The number of piperidine rings is 1. The zero-order valence-electron chi connectivity index (χ0n) is 11.6. The Balaban J connectivity index is 2.14. The van der Waals surface area contributed by atoms with Crippen molar-refractivity contribution in [2.24, 2.45) is 5.41 Å². The molecule has 1 aliphatic heterocycles. The third-order valence-electron chi connectivity index (χ3n) is 4.00. The number of aromatic carboxylic acids is 1. The lowest BCUT2D eigenvalue weighted by Crippen LogP contribution is -2.47. The van der Waals surface area contributed by atoms with E-state index in [0.717, 1.165) is 25.8 Å². The van der Waals surface area contributed by atoms with Crippen LogP contribution >= 0.6 is 0 Å². The van der Waals surface area contributed by atoms with Crippen LogP contribution < -0.4 is 10.6 Å². The normalized spacial score (nSPS) is 22.2. The summed E-state index contributed by atoms with van der Waals surface area (Å²) in [5.41, 5.74) is 0.320. The number of nitrogens with one attached hydrogen (secondary N) is 2. The molecule has 1 atom stereocenters. The van der Waals surface area contributed by atoms with Crippen LogP contribution in [-0.2, 0) is 4.79 Å². The van der Waals surface area contributed by atoms with Gasteiger partial charge in [0.1, 0.15) is 0 Å². The molecule has 1 saturated heterocycles. The van der Waals surface area contributed by atoms with E-state index in [2.05, 4.69) is 10.6 Å². The molecule has 1 fully saturated rings. The Hall–Kier alpha value is -1.88. The Kier molecular flexibility index (Phi) is 4.39. The highest BCUT2D eigenvalue weighted by molar-refractivity contribution is 5.97. The molecule has 0 aromatic heterocycles. The minimum atomic E-state index is -0.995. The summed E-state index contributed by atoms with van der Waals surface area (Å²) in [5, 5.41) is 15.1. The van der Waals surface area contributed by atoms with E-state index in [4.69, 9.17) is 5.11 Å². The van der Waals surface area contributed by atoms with Crippen molar-refractivity contribution in [1.29, 1.82) is 0 Å². The lowest BCUT2D eigenvalue weighted by molar-refractivity contribution is -0.126. The molecular formula is C15H20N2O3. The molecule has 0 spiro atoms. The molecule has 1 aromatic rings. The molecule has 5 nitrogen and oxygen atoms in total. The predicted molar refractivity (Wildman–Crippen MR) is 76.9 cm³/mol. The molecule has 1 aliphatic rings. The fraction of sp³-hybridized carbons (Fsp3) is 0.467. The van der Waals surface area contributed by atoms with E-state index in [1.54, 1.807) is 12.1 Å². The van der Waals surface area contributed by atoms with Crippen molar-refractivity contribution in [3.63, 3.8) is 0 Å². The van der Waals surface area contributed by atoms with E-state index in [1.807, 2.05) is 6.92 Å². The van der Waals surface area contributed by atoms with Crippen molar-refractivity contribution in [1.82, 2.24) is 5.32 Å². The minimum Gasteiger partial charge on any atom is -0.478 e. The number of carbonyl (C=O) groups is 2. The van der Waals surface area contributed by atoms with Crippen LogP contribution in [0.5, 0.6) is 0 Å². The van der Waals surface area contributed by atoms with Gasteiger partial charge in [-0.05, 0) is 44.0 Å². The van der Waals surface area contributed by atoms with Gasteiger partial charge < -0.3 is 15.7 Å². The van der Waals surface area contributed by atoms with Crippen molar-refractivity contribution >= 4 is 17.6 Å². The largest absolute Gasteiger partial charge is 0.478 e. The summed E-state index contributed by atoms with van der Waals surface area (Å²) < 4.78 is 0. The number of anilines is 1. The van der Waals surface area contributed by atoms with Gasteiger partial charge in [-0.15, -0.1) is 0 Å². The quantitative estimate of drug-likeness (QED) is 0.787. The van der Waals surface area contributed by atoms with Crippen LogP contribution in [0.25, 0.3) is 0 Å². The average Bonchev–Trinajstić information content (AvgIpc) is 2.48. The maximum absolute atomic E-state index is 12.5. The number of carbonyl (C=O) groups excluding carboxylic acids is 1. The highest BCUT2D eigenvalue weighted by atomic mass is 16.4. The van der Waals surface area contributed by atoms with Gasteiger partial charge in [0.15, 0.2) is 0 Å². The number of benzene rings is 1. The van der Waals surface area contributed by atoms with E-state index >= 15 is 0 Å². The number of amides is 1. The fourth-order valence-electron chi connectivity index (χ4n) is 2.62. The first-order valence-electron chi connectivity index (χ1n) is 6.93. The highest BCUT2D eigenvalue weighted by Crippen LogP contribution is 2.31. The van der Waals surface area contributed by atoms with Gasteiger partial charge in [0, 0.05) is 12.2 Å². The Bertz CT molecular complexity index is 508. The molecule has 20 heavy (non-hydrogen) atoms. The van der Waals surface area contributed by atoms with Crippen LogP contribution in [-0.4, -0.2) is 30.1 Å². The number of rotatable bonds is 4. The second-order valence-electron chi connectivity index (χ2n) is 5.25. The first-order valence-corrected chi connectivity index (χ1v) is 6.93. The highest BCUT2D eigenvalue weighted by Gasteiger charge is 2.37. The van der Waals surface area contributed by atoms with Gasteiger partial charge in [0.25, 0.3) is 0 Å². The molecule has 0 saturated carbocycles. The lowest BCUT2D eigenvalue weighted by atomic mass is 9.77. The Morgan fingerprint density at radius 1 is 1.45 bits per heavy atom. The smallest absolute Gasteiger partial charge is 0.335 e. The first-order chi connectivity index (χ1) is 9.57. The topological polar surface area (TPSA) is 78.4 Å². The zero-order chi connectivity index (χ0) is 14.6. The maximum Gasteiger partial charge on any atom is 0.335 e. The zero-order valence-corrected chi connectivity index (χ0v) is 11.6. The molecule has 1 heterocycles. The van der Waals surface area contributed by atoms with Crippen LogP contribution in [0, 0.1) is 5.41 Å². The Morgan fingerprint density at radius 3 is 2.85 bits per heavy atom. The van der Waals surface area contributed by atoms with Crippen LogP contribution in [0.3, 0.4) is 0 Å². The van der Waals surface area contributed by atoms with E-state index < -0.39 is 11.4 Å². The first kappa shape index (κ1) is 14.5. The predicted octanol–water partition coefficient (Wildman–Crippen LogP) is 2.10. The summed E-state index contributed by atoms with van der Waals surface area (Å²) in [7, 11) is 0. The van der Waals surface area contributed by atoms with Gasteiger partial charge in [-0.2, -0.15) is 0 Å². The molecule has 0 radical (unpaired) electrons. The van der Waals surface area contributed by atoms with Gasteiger partial charge >= 0.3 is 5.97 Å². The standard InChI is InChI=1S/C15H20N2O3/c1-2-15(7-4-8-16-10-15)14(20)17-12-6-3-5-11(9-12)13(18)19/h3,5-6,9,16H,2,4,7-8,10H2,1H3,(H,17,20)(H,18,19). The third kappa shape index (κ3) is 2.99. The summed E-state index contributed by atoms with van der Waals surface area (Å²) >= 11 is 0. The third-order valence-corrected chi connectivity index (χ3v) is 4.00. The summed E-state index contributed by atoms with van der Waals surface area (Å²) in [6, 6.07) is 6.34. The Morgan fingerprint density at radius 2 is 2.25 bits per heavy atom. The van der Waals surface area contributed by atoms with Crippen molar-refractivity contribution in [3.8, 4) is 0 Å². The van der Waals surface area contributed by atoms with Crippen molar-refractivity contribution < 1.29 is 14.7 Å². The molecule has 2 rings (SSSR count). The molecule has 5 heteroatoms. The summed E-state index contributed by atoms with van der Waals surface area (Å²) in [6.45, 7) is 3.64. The number of hydrogen-bond acceptors (Lipinski definition) is 3. The van der Waals surface area contributed by atoms with Gasteiger partial charge in [-0.3, -0.25) is 4.79 Å². The van der Waals surface area contributed by atoms with E-state index in [1.165, 1.54) is 12.1 Å². The lowest BCUT2D eigenvalue weighted by Gasteiger charge is -2.35. The molecule has 108 valence electrons. The van der Waals surface area contributed by atoms with Crippen molar-refractivity contribution in [2.75, 3.05) is 18.4 Å².